The minimum absolute atomic E-state index is 1.09. The van der Waals surface area contributed by atoms with Crippen LogP contribution in [0.3, 0.4) is 0 Å². The summed E-state index contributed by atoms with van der Waals surface area (Å²) in [5.41, 5.74) is 7.48. The molecule has 0 aliphatic rings. The summed E-state index contributed by atoms with van der Waals surface area (Å²) in [7, 11) is 2.12. The molecule has 0 fully saturated rings. The van der Waals surface area contributed by atoms with E-state index >= 15 is 0 Å². The van der Waals surface area contributed by atoms with Crippen LogP contribution in [0.2, 0.25) is 0 Å². The van der Waals surface area contributed by atoms with Crippen molar-refractivity contribution < 1.29 is 0 Å². The van der Waals surface area contributed by atoms with Crippen molar-refractivity contribution in [2.24, 2.45) is 7.05 Å². The summed E-state index contributed by atoms with van der Waals surface area (Å²) >= 11 is 0. The maximum absolute atomic E-state index is 4.77. The zero-order valence-electron chi connectivity index (χ0n) is 11.6. The highest BCUT2D eigenvalue weighted by molar-refractivity contribution is 6.07. The van der Waals surface area contributed by atoms with E-state index in [4.69, 9.17) is 4.98 Å². The molecule has 0 N–H and O–H groups in total. The predicted molar refractivity (Wildman–Crippen MR) is 77.2 cm³/mol. The maximum atomic E-state index is 4.77. The van der Waals surface area contributed by atoms with Crippen LogP contribution in [0.4, 0.5) is 0 Å². The van der Waals surface area contributed by atoms with Gasteiger partial charge in [0, 0.05) is 29.2 Å². The summed E-state index contributed by atoms with van der Waals surface area (Å²) in [5.74, 6) is 0. The van der Waals surface area contributed by atoms with Crippen LogP contribution in [0.5, 0.6) is 0 Å². The van der Waals surface area contributed by atoms with Crippen LogP contribution in [0.15, 0.2) is 18.2 Å². The molecule has 0 aliphatic heterocycles. The van der Waals surface area contributed by atoms with Crippen LogP contribution in [0, 0.1) is 27.7 Å². The van der Waals surface area contributed by atoms with E-state index in [2.05, 4.69) is 57.5 Å². The van der Waals surface area contributed by atoms with Gasteiger partial charge in [0.25, 0.3) is 0 Å². The minimum Gasteiger partial charge on any atom is -0.348 e. The molecule has 0 bridgehead atoms. The molecular weight excluding hydrogens is 220 g/mol. The predicted octanol–water partition coefficient (Wildman–Crippen LogP) is 3.96. The molecule has 0 unspecified atom stereocenters. The number of pyridine rings is 1. The third-order valence-electron chi connectivity index (χ3n) is 4.08. The lowest BCUT2D eigenvalue weighted by atomic mass is 10.0. The van der Waals surface area contributed by atoms with E-state index in [1.807, 2.05) is 0 Å². The van der Waals surface area contributed by atoms with E-state index in [1.54, 1.807) is 0 Å². The Hall–Kier alpha value is -1.83. The standard InChI is InChI=1S/C16H18N2/c1-9-8-10(2)17-16-13(9)6-7-14-15(16)11(3)12(4)18(14)5/h6-8H,1-5H3. The van der Waals surface area contributed by atoms with Gasteiger partial charge in [0.15, 0.2) is 0 Å². The van der Waals surface area contributed by atoms with Crippen molar-refractivity contribution in [1.82, 2.24) is 9.55 Å². The number of hydrogen-bond acceptors (Lipinski definition) is 1. The number of aromatic nitrogens is 2. The fourth-order valence-corrected chi connectivity index (χ4v) is 2.88. The third kappa shape index (κ3) is 1.32. The molecule has 0 radical (unpaired) electrons. The Morgan fingerprint density at radius 2 is 1.78 bits per heavy atom. The molecule has 0 amide bonds. The van der Waals surface area contributed by atoms with E-state index in [9.17, 15) is 0 Å². The highest BCUT2D eigenvalue weighted by atomic mass is 14.9. The lowest BCUT2D eigenvalue weighted by Crippen LogP contribution is -1.91. The fraction of sp³-hybridized carbons (Fsp3) is 0.312. The Morgan fingerprint density at radius 3 is 2.50 bits per heavy atom. The van der Waals surface area contributed by atoms with Crippen molar-refractivity contribution in [3.63, 3.8) is 0 Å². The highest BCUT2D eigenvalue weighted by Gasteiger charge is 2.13. The number of rotatable bonds is 0. The number of nitrogens with zero attached hydrogens (tertiary/aromatic N) is 2. The van der Waals surface area contributed by atoms with Crippen LogP contribution in [0.1, 0.15) is 22.5 Å². The third-order valence-corrected chi connectivity index (χ3v) is 4.08. The van der Waals surface area contributed by atoms with E-state index < -0.39 is 0 Å². The lowest BCUT2D eigenvalue weighted by Gasteiger charge is -2.06. The molecule has 2 heterocycles. The summed E-state index contributed by atoms with van der Waals surface area (Å²) < 4.78 is 2.25. The number of hydrogen-bond donors (Lipinski definition) is 0. The average Bonchev–Trinajstić information content (AvgIpc) is 2.54. The molecule has 0 atom stereocenters. The molecule has 0 aliphatic carbocycles. The Bertz CT molecular complexity index is 779. The smallest absolute Gasteiger partial charge is 0.0804 e. The highest BCUT2D eigenvalue weighted by Crippen LogP contribution is 2.31. The van der Waals surface area contributed by atoms with Gasteiger partial charge in [-0.05, 0) is 51.0 Å². The summed E-state index contributed by atoms with van der Waals surface area (Å²) in [6.07, 6.45) is 0. The van der Waals surface area contributed by atoms with E-state index in [0.29, 0.717) is 0 Å². The van der Waals surface area contributed by atoms with E-state index in [0.717, 1.165) is 11.2 Å². The number of aryl methyl sites for hydroxylation is 4. The zero-order chi connectivity index (χ0) is 13.0. The first kappa shape index (κ1) is 11.3. The van der Waals surface area contributed by atoms with Gasteiger partial charge in [-0.25, -0.2) is 0 Å². The van der Waals surface area contributed by atoms with E-state index in [-0.39, 0.29) is 0 Å². The van der Waals surface area contributed by atoms with Gasteiger partial charge >= 0.3 is 0 Å². The van der Waals surface area contributed by atoms with Crippen molar-refractivity contribution >= 4 is 21.8 Å². The van der Waals surface area contributed by atoms with Gasteiger partial charge < -0.3 is 4.57 Å². The van der Waals surface area contributed by atoms with Gasteiger partial charge in [0.2, 0.25) is 0 Å². The van der Waals surface area contributed by atoms with Crippen LogP contribution in [0.25, 0.3) is 21.8 Å². The molecule has 2 aromatic heterocycles. The van der Waals surface area contributed by atoms with Crippen LogP contribution in [-0.4, -0.2) is 9.55 Å². The van der Waals surface area contributed by atoms with Crippen LogP contribution in [-0.2, 0) is 7.05 Å². The zero-order valence-corrected chi connectivity index (χ0v) is 11.6. The lowest BCUT2D eigenvalue weighted by molar-refractivity contribution is 0.910. The molecule has 18 heavy (non-hydrogen) atoms. The first-order valence-corrected chi connectivity index (χ1v) is 6.33. The Labute approximate surface area is 107 Å². The molecular formula is C16H18N2. The second-order valence-electron chi connectivity index (χ2n) is 5.21. The van der Waals surface area contributed by atoms with Crippen molar-refractivity contribution in [1.29, 1.82) is 0 Å². The SMILES string of the molecule is Cc1cc(C)c2ccc3c(c(C)c(C)n3C)c2n1. The molecule has 2 heteroatoms. The molecule has 2 nitrogen and oxygen atoms in total. The molecule has 0 saturated heterocycles. The van der Waals surface area contributed by atoms with Crippen molar-refractivity contribution in [3.05, 3.63) is 40.7 Å². The molecule has 3 rings (SSSR count). The van der Waals surface area contributed by atoms with Gasteiger partial charge in [0.05, 0.1) is 11.0 Å². The summed E-state index contributed by atoms with van der Waals surface area (Å²) in [5, 5.41) is 2.57. The van der Waals surface area contributed by atoms with Crippen molar-refractivity contribution in [2.75, 3.05) is 0 Å². The fourth-order valence-electron chi connectivity index (χ4n) is 2.88. The Balaban J connectivity index is 2.65. The number of benzene rings is 1. The molecule has 92 valence electrons. The summed E-state index contributed by atoms with van der Waals surface area (Å²) in [4.78, 5) is 4.77. The maximum Gasteiger partial charge on any atom is 0.0804 e. The molecule has 1 aromatic carbocycles. The molecule has 0 spiro atoms. The van der Waals surface area contributed by atoms with Crippen molar-refractivity contribution in [2.45, 2.75) is 27.7 Å². The average molecular weight is 238 g/mol. The minimum atomic E-state index is 1.09. The van der Waals surface area contributed by atoms with Gasteiger partial charge in [-0.1, -0.05) is 6.07 Å². The second kappa shape index (κ2) is 3.58. The first-order valence-electron chi connectivity index (χ1n) is 6.33. The van der Waals surface area contributed by atoms with Crippen LogP contribution < -0.4 is 0 Å². The first-order chi connectivity index (χ1) is 8.50. The van der Waals surface area contributed by atoms with Crippen molar-refractivity contribution in [3.8, 4) is 0 Å². The Kier molecular flexibility index (Phi) is 2.24. The topological polar surface area (TPSA) is 17.8 Å². The van der Waals surface area contributed by atoms with Gasteiger partial charge in [-0.15, -0.1) is 0 Å². The van der Waals surface area contributed by atoms with Gasteiger partial charge in [-0.3, -0.25) is 4.98 Å². The van der Waals surface area contributed by atoms with Crippen LogP contribution >= 0.6 is 0 Å². The quantitative estimate of drug-likeness (QED) is 0.579. The van der Waals surface area contributed by atoms with Gasteiger partial charge in [-0.2, -0.15) is 0 Å². The monoisotopic (exact) mass is 238 g/mol. The Morgan fingerprint density at radius 1 is 1.06 bits per heavy atom. The summed E-state index contributed by atoms with van der Waals surface area (Å²) in [6.45, 7) is 8.59. The summed E-state index contributed by atoms with van der Waals surface area (Å²) in [6, 6.07) is 6.55. The molecule has 3 aromatic rings. The normalized spacial score (nSPS) is 11.6. The van der Waals surface area contributed by atoms with E-state index in [1.165, 1.54) is 33.1 Å². The number of fused-ring (bicyclic) bond motifs is 3. The second-order valence-corrected chi connectivity index (χ2v) is 5.21. The van der Waals surface area contributed by atoms with Gasteiger partial charge in [0.1, 0.15) is 0 Å². The molecule has 0 saturated carbocycles. The largest absolute Gasteiger partial charge is 0.348 e.